The summed E-state index contributed by atoms with van der Waals surface area (Å²) in [5, 5.41) is 8.00. The predicted molar refractivity (Wildman–Crippen MR) is 102 cm³/mol. The number of benzene rings is 1. The van der Waals surface area contributed by atoms with Gasteiger partial charge >= 0.3 is 5.76 Å². The van der Waals surface area contributed by atoms with Crippen molar-refractivity contribution in [3.63, 3.8) is 0 Å². The largest absolute Gasteiger partial charge is 0.420 e. The predicted octanol–water partition coefficient (Wildman–Crippen LogP) is 2.72. The van der Waals surface area contributed by atoms with Crippen LogP contribution in [0.4, 0.5) is 0 Å². The molecule has 1 aliphatic rings. The van der Waals surface area contributed by atoms with E-state index in [4.69, 9.17) is 8.94 Å². The standard InChI is InChI=1S/C19H16N4O4S/c24-16(10-23-14-3-1-2-4-15(14)26-19(23)25)22-7-5-12(9-22)17-20-18(27-21-17)13-6-8-28-11-13/h1-4,6,8,11-12H,5,7,9-10H2/t12-/m0/s1. The lowest BCUT2D eigenvalue weighted by atomic mass is 10.1. The fraction of sp³-hybridized carbons (Fsp3) is 0.263. The summed E-state index contributed by atoms with van der Waals surface area (Å²) < 4.78 is 11.9. The normalized spacial score (nSPS) is 16.9. The topological polar surface area (TPSA) is 94.4 Å². The van der Waals surface area contributed by atoms with E-state index in [-0.39, 0.29) is 18.4 Å². The molecule has 1 aliphatic heterocycles. The van der Waals surface area contributed by atoms with Gasteiger partial charge in [0, 0.05) is 24.4 Å². The van der Waals surface area contributed by atoms with E-state index in [0.29, 0.717) is 35.9 Å². The zero-order valence-corrected chi connectivity index (χ0v) is 15.6. The minimum atomic E-state index is -0.524. The second kappa shape index (κ2) is 6.75. The first kappa shape index (κ1) is 16.9. The van der Waals surface area contributed by atoms with Crippen LogP contribution in [0.3, 0.4) is 0 Å². The molecule has 1 amide bonds. The molecule has 142 valence electrons. The summed E-state index contributed by atoms with van der Waals surface area (Å²) in [6, 6.07) is 9.01. The summed E-state index contributed by atoms with van der Waals surface area (Å²) in [4.78, 5) is 31.0. The molecular formula is C19H16N4O4S. The van der Waals surface area contributed by atoms with Gasteiger partial charge in [0.05, 0.1) is 11.1 Å². The minimum absolute atomic E-state index is 0.0258. The first-order valence-corrected chi connectivity index (χ1v) is 9.85. The van der Waals surface area contributed by atoms with Gasteiger partial charge in [0.2, 0.25) is 5.91 Å². The van der Waals surface area contributed by atoms with Crippen LogP contribution in [-0.4, -0.2) is 38.6 Å². The maximum Gasteiger partial charge on any atom is 0.420 e. The van der Waals surface area contributed by atoms with E-state index in [1.165, 1.54) is 4.57 Å². The Labute approximate surface area is 163 Å². The number of fused-ring (bicyclic) bond motifs is 1. The number of hydrogen-bond acceptors (Lipinski definition) is 7. The summed E-state index contributed by atoms with van der Waals surface area (Å²) in [5.41, 5.74) is 2.00. The van der Waals surface area contributed by atoms with Crippen molar-refractivity contribution in [3.05, 3.63) is 57.5 Å². The number of nitrogens with zero attached hydrogens (tertiary/aromatic N) is 4. The SMILES string of the molecule is O=C(Cn1c(=O)oc2ccccc21)N1CC[C@H](c2noc(-c3ccsc3)n2)C1. The summed E-state index contributed by atoms with van der Waals surface area (Å²) in [6.45, 7) is 1.05. The molecule has 1 atom stereocenters. The van der Waals surface area contributed by atoms with Crippen molar-refractivity contribution in [2.24, 2.45) is 0 Å². The number of aromatic nitrogens is 3. The number of thiophene rings is 1. The molecule has 1 fully saturated rings. The monoisotopic (exact) mass is 396 g/mol. The maximum atomic E-state index is 12.7. The third kappa shape index (κ3) is 2.93. The molecule has 1 aromatic carbocycles. The van der Waals surface area contributed by atoms with E-state index >= 15 is 0 Å². The lowest BCUT2D eigenvalue weighted by molar-refractivity contribution is -0.130. The molecule has 4 heterocycles. The molecule has 9 heteroatoms. The Hall–Kier alpha value is -3.20. The molecule has 3 aromatic heterocycles. The second-order valence-electron chi connectivity index (χ2n) is 6.72. The molecule has 28 heavy (non-hydrogen) atoms. The van der Waals surface area contributed by atoms with Crippen molar-refractivity contribution >= 4 is 28.3 Å². The van der Waals surface area contributed by atoms with Crippen molar-refractivity contribution in [3.8, 4) is 11.5 Å². The van der Waals surface area contributed by atoms with Crippen LogP contribution in [0.1, 0.15) is 18.2 Å². The Balaban J connectivity index is 1.30. The lowest BCUT2D eigenvalue weighted by Crippen LogP contribution is -2.34. The Morgan fingerprint density at radius 2 is 2.18 bits per heavy atom. The van der Waals surface area contributed by atoms with Gasteiger partial charge in [-0.2, -0.15) is 16.3 Å². The Bertz CT molecular complexity index is 1190. The molecule has 0 bridgehead atoms. The van der Waals surface area contributed by atoms with Crippen LogP contribution in [0.15, 0.2) is 54.8 Å². The number of likely N-dealkylation sites (tertiary alicyclic amines) is 1. The first-order chi connectivity index (χ1) is 13.7. The Morgan fingerprint density at radius 1 is 1.29 bits per heavy atom. The van der Waals surface area contributed by atoms with Crippen molar-refractivity contribution in [1.29, 1.82) is 0 Å². The zero-order valence-electron chi connectivity index (χ0n) is 14.8. The van der Waals surface area contributed by atoms with Crippen LogP contribution in [0, 0.1) is 0 Å². The fourth-order valence-electron chi connectivity index (χ4n) is 3.50. The van der Waals surface area contributed by atoms with Gasteiger partial charge in [-0.3, -0.25) is 9.36 Å². The molecule has 5 rings (SSSR count). The average Bonchev–Trinajstić information content (AvgIpc) is 3.48. The van der Waals surface area contributed by atoms with E-state index in [1.807, 2.05) is 22.9 Å². The number of carbonyl (C=O) groups is 1. The number of amides is 1. The van der Waals surface area contributed by atoms with Crippen molar-refractivity contribution in [1.82, 2.24) is 19.6 Å². The molecule has 4 aromatic rings. The highest BCUT2D eigenvalue weighted by molar-refractivity contribution is 7.08. The van der Waals surface area contributed by atoms with Gasteiger partial charge in [-0.25, -0.2) is 4.79 Å². The van der Waals surface area contributed by atoms with Gasteiger partial charge in [-0.05, 0) is 30.0 Å². The zero-order chi connectivity index (χ0) is 19.1. The van der Waals surface area contributed by atoms with Crippen molar-refractivity contribution in [2.75, 3.05) is 13.1 Å². The molecular weight excluding hydrogens is 380 g/mol. The third-order valence-electron chi connectivity index (χ3n) is 4.98. The highest BCUT2D eigenvalue weighted by Crippen LogP contribution is 2.28. The molecule has 0 radical (unpaired) electrons. The molecule has 0 unspecified atom stereocenters. The Kier molecular flexibility index (Phi) is 4.09. The van der Waals surface area contributed by atoms with Crippen LogP contribution in [-0.2, 0) is 11.3 Å². The van der Waals surface area contributed by atoms with Gasteiger partial charge < -0.3 is 13.8 Å². The highest BCUT2D eigenvalue weighted by atomic mass is 32.1. The van der Waals surface area contributed by atoms with Gasteiger partial charge in [0.1, 0.15) is 6.54 Å². The van der Waals surface area contributed by atoms with Crippen molar-refractivity contribution in [2.45, 2.75) is 18.9 Å². The maximum absolute atomic E-state index is 12.7. The van der Waals surface area contributed by atoms with E-state index in [2.05, 4.69) is 10.1 Å². The lowest BCUT2D eigenvalue weighted by Gasteiger charge is -2.15. The van der Waals surface area contributed by atoms with E-state index in [9.17, 15) is 9.59 Å². The van der Waals surface area contributed by atoms with Gasteiger partial charge in [0.15, 0.2) is 11.4 Å². The van der Waals surface area contributed by atoms with Crippen LogP contribution in [0.5, 0.6) is 0 Å². The van der Waals surface area contributed by atoms with Gasteiger partial charge in [0.25, 0.3) is 5.89 Å². The number of para-hydroxylation sites is 2. The highest BCUT2D eigenvalue weighted by Gasteiger charge is 2.31. The number of carbonyl (C=O) groups excluding carboxylic acids is 1. The van der Waals surface area contributed by atoms with Crippen LogP contribution < -0.4 is 5.76 Å². The van der Waals surface area contributed by atoms with E-state index in [0.717, 1.165) is 12.0 Å². The number of hydrogen-bond donors (Lipinski definition) is 0. The molecule has 0 aliphatic carbocycles. The summed E-state index contributed by atoms with van der Waals surface area (Å²) in [7, 11) is 0. The summed E-state index contributed by atoms with van der Waals surface area (Å²) in [6.07, 6.45) is 0.759. The van der Waals surface area contributed by atoms with E-state index < -0.39 is 5.76 Å². The first-order valence-electron chi connectivity index (χ1n) is 8.91. The number of oxazole rings is 1. The summed E-state index contributed by atoms with van der Waals surface area (Å²) in [5.74, 6) is 0.486. The van der Waals surface area contributed by atoms with Gasteiger partial charge in [-0.15, -0.1) is 0 Å². The Morgan fingerprint density at radius 3 is 3.04 bits per heavy atom. The molecule has 0 N–H and O–H groups in total. The van der Waals surface area contributed by atoms with Crippen LogP contribution in [0.25, 0.3) is 22.6 Å². The summed E-state index contributed by atoms with van der Waals surface area (Å²) >= 11 is 1.57. The smallest absolute Gasteiger partial charge is 0.408 e. The van der Waals surface area contributed by atoms with Gasteiger partial charge in [-0.1, -0.05) is 17.3 Å². The fourth-order valence-corrected chi connectivity index (χ4v) is 4.13. The molecule has 1 saturated heterocycles. The van der Waals surface area contributed by atoms with Crippen LogP contribution >= 0.6 is 11.3 Å². The average molecular weight is 396 g/mol. The molecule has 0 spiro atoms. The number of rotatable bonds is 4. The minimum Gasteiger partial charge on any atom is -0.408 e. The van der Waals surface area contributed by atoms with Crippen LogP contribution in [0.2, 0.25) is 0 Å². The third-order valence-corrected chi connectivity index (χ3v) is 5.67. The molecule has 8 nitrogen and oxygen atoms in total. The molecule has 0 saturated carbocycles. The van der Waals surface area contributed by atoms with Crippen molar-refractivity contribution < 1.29 is 13.7 Å². The van der Waals surface area contributed by atoms with E-state index in [1.54, 1.807) is 34.4 Å². The second-order valence-corrected chi connectivity index (χ2v) is 7.50. The quantitative estimate of drug-likeness (QED) is 0.526.